The Labute approximate surface area is 213 Å². The summed E-state index contributed by atoms with van der Waals surface area (Å²) in [4.78, 5) is 5.95. The van der Waals surface area contributed by atoms with Crippen LogP contribution in [-0.4, -0.2) is 20.5 Å². The summed E-state index contributed by atoms with van der Waals surface area (Å²) in [7, 11) is 0. The first-order valence-corrected chi connectivity index (χ1v) is 13.4. The monoisotopic (exact) mass is 492 g/mol. The van der Waals surface area contributed by atoms with Crippen molar-refractivity contribution in [3.8, 4) is 23.0 Å². The van der Waals surface area contributed by atoms with Crippen molar-refractivity contribution in [1.82, 2.24) is 14.8 Å². The van der Waals surface area contributed by atoms with Gasteiger partial charge in [0.25, 0.3) is 0 Å². The molecule has 0 spiro atoms. The molecular weight excluding hydrogens is 468 g/mol. The molecule has 172 valence electrons. The first kappa shape index (κ1) is 23.1. The van der Waals surface area contributed by atoms with Gasteiger partial charge in [0, 0.05) is 22.2 Å². The van der Waals surface area contributed by atoms with E-state index in [1.54, 1.807) is 0 Å². The molecular formula is C29H24N4S2. The van der Waals surface area contributed by atoms with Crippen LogP contribution in [0.25, 0.3) is 38.8 Å². The van der Waals surface area contributed by atoms with Crippen LogP contribution in [0.5, 0.6) is 0 Å². The van der Waals surface area contributed by atoms with Gasteiger partial charge < -0.3 is 0 Å². The summed E-state index contributed by atoms with van der Waals surface area (Å²) in [5, 5.41) is 15.6. The SMILES string of the molecule is CCCCSc1ccc(-c2nn(-c3ccccc3)cc2/C=C(/C#N)c2nc3ccccc3s2)cc1. The first-order valence-electron chi connectivity index (χ1n) is 11.6. The number of hydrogen-bond donors (Lipinski definition) is 0. The zero-order valence-electron chi connectivity index (χ0n) is 19.4. The quantitative estimate of drug-likeness (QED) is 0.125. The molecule has 3 aromatic carbocycles. The smallest absolute Gasteiger partial charge is 0.135 e. The predicted molar refractivity (Wildman–Crippen MR) is 148 cm³/mol. The van der Waals surface area contributed by atoms with E-state index in [-0.39, 0.29) is 0 Å². The average Bonchev–Trinajstić information content (AvgIpc) is 3.53. The van der Waals surface area contributed by atoms with E-state index in [4.69, 9.17) is 10.1 Å². The number of hydrogen-bond acceptors (Lipinski definition) is 5. The molecule has 2 aromatic heterocycles. The molecule has 0 aliphatic heterocycles. The van der Waals surface area contributed by atoms with Crippen LogP contribution in [-0.2, 0) is 0 Å². The van der Waals surface area contributed by atoms with Crippen molar-refractivity contribution < 1.29 is 0 Å². The third-order valence-corrected chi connectivity index (χ3v) is 7.77. The summed E-state index contributed by atoms with van der Waals surface area (Å²) in [6.07, 6.45) is 6.31. The molecule has 4 nitrogen and oxygen atoms in total. The molecule has 0 atom stereocenters. The molecule has 0 saturated heterocycles. The van der Waals surface area contributed by atoms with Gasteiger partial charge in [-0.05, 0) is 54.6 Å². The molecule has 0 bridgehead atoms. The van der Waals surface area contributed by atoms with E-state index in [1.807, 2.05) is 83.3 Å². The minimum absolute atomic E-state index is 0.534. The van der Waals surface area contributed by atoms with Gasteiger partial charge in [-0.2, -0.15) is 10.4 Å². The number of benzene rings is 3. The van der Waals surface area contributed by atoms with Crippen LogP contribution in [0.15, 0.2) is 90.0 Å². The Morgan fingerprint density at radius 3 is 2.54 bits per heavy atom. The Hall–Kier alpha value is -3.66. The Kier molecular flexibility index (Phi) is 7.08. The van der Waals surface area contributed by atoms with Crippen LogP contribution in [0.2, 0.25) is 0 Å². The Balaban J connectivity index is 1.56. The second-order valence-electron chi connectivity index (χ2n) is 8.10. The minimum Gasteiger partial charge on any atom is -0.240 e. The van der Waals surface area contributed by atoms with E-state index in [1.165, 1.54) is 29.1 Å². The van der Waals surface area contributed by atoms with Crippen LogP contribution < -0.4 is 0 Å². The second kappa shape index (κ2) is 10.7. The fourth-order valence-corrected chi connectivity index (χ4v) is 5.69. The molecule has 35 heavy (non-hydrogen) atoms. The third kappa shape index (κ3) is 5.22. The highest BCUT2D eigenvalue weighted by molar-refractivity contribution is 7.99. The van der Waals surface area contributed by atoms with Gasteiger partial charge in [0.15, 0.2) is 0 Å². The van der Waals surface area contributed by atoms with Gasteiger partial charge >= 0.3 is 0 Å². The summed E-state index contributed by atoms with van der Waals surface area (Å²) in [5.74, 6) is 1.13. The molecule has 5 rings (SSSR count). The van der Waals surface area contributed by atoms with E-state index in [9.17, 15) is 5.26 Å². The number of thioether (sulfide) groups is 1. The normalized spacial score (nSPS) is 11.6. The number of thiazole rings is 1. The molecule has 6 heteroatoms. The largest absolute Gasteiger partial charge is 0.240 e. The fraction of sp³-hybridized carbons (Fsp3) is 0.138. The maximum absolute atomic E-state index is 10.0. The number of aromatic nitrogens is 3. The van der Waals surface area contributed by atoms with Crippen molar-refractivity contribution in [2.45, 2.75) is 24.7 Å². The lowest BCUT2D eigenvalue weighted by molar-refractivity contribution is 0.884. The predicted octanol–water partition coefficient (Wildman–Crippen LogP) is 8.11. The maximum atomic E-state index is 10.0. The van der Waals surface area contributed by atoms with Gasteiger partial charge in [0.1, 0.15) is 11.1 Å². The van der Waals surface area contributed by atoms with E-state index < -0.39 is 0 Å². The van der Waals surface area contributed by atoms with Crippen molar-refractivity contribution >= 4 is 45.0 Å². The van der Waals surface area contributed by atoms with E-state index in [0.29, 0.717) is 5.57 Å². The van der Waals surface area contributed by atoms with Crippen LogP contribution in [0.4, 0.5) is 0 Å². The molecule has 5 aromatic rings. The van der Waals surface area contributed by atoms with Crippen molar-refractivity contribution in [3.05, 3.63) is 95.6 Å². The van der Waals surface area contributed by atoms with E-state index >= 15 is 0 Å². The highest BCUT2D eigenvalue weighted by atomic mass is 32.2. The summed E-state index contributed by atoms with van der Waals surface area (Å²) < 4.78 is 2.94. The maximum Gasteiger partial charge on any atom is 0.135 e. The molecule has 0 saturated carbocycles. The number of rotatable bonds is 8. The topological polar surface area (TPSA) is 54.5 Å². The third-order valence-electron chi connectivity index (χ3n) is 5.60. The highest BCUT2D eigenvalue weighted by Gasteiger charge is 2.15. The second-order valence-corrected chi connectivity index (χ2v) is 10.3. The summed E-state index contributed by atoms with van der Waals surface area (Å²) in [6.45, 7) is 2.21. The van der Waals surface area contributed by atoms with Gasteiger partial charge in [-0.25, -0.2) is 9.67 Å². The van der Waals surface area contributed by atoms with Gasteiger partial charge in [0.2, 0.25) is 0 Å². The average molecular weight is 493 g/mol. The minimum atomic E-state index is 0.534. The van der Waals surface area contributed by atoms with Crippen LogP contribution in [0.1, 0.15) is 30.3 Å². The van der Waals surface area contributed by atoms with Crippen molar-refractivity contribution in [3.63, 3.8) is 0 Å². The summed E-state index contributed by atoms with van der Waals surface area (Å²) in [5.41, 5.74) is 5.16. The summed E-state index contributed by atoms with van der Waals surface area (Å²) >= 11 is 3.41. The molecule has 0 fully saturated rings. The molecule has 0 aliphatic rings. The number of allylic oxidation sites excluding steroid dienone is 1. The lowest BCUT2D eigenvalue weighted by atomic mass is 10.1. The van der Waals surface area contributed by atoms with Gasteiger partial charge in [0.05, 0.1) is 27.2 Å². The van der Waals surface area contributed by atoms with Crippen molar-refractivity contribution in [2.75, 3.05) is 5.75 Å². The summed E-state index contributed by atoms with van der Waals surface area (Å²) in [6, 6.07) is 28.9. The highest BCUT2D eigenvalue weighted by Crippen LogP contribution is 2.32. The lowest BCUT2D eigenvalue weighted by Crippen LogP contribution is -1.94. The lowest BCUT2D eigenvalue weighted by Gasteiger charge is -2.04. The molecule has 0 aliphatic carbocycles. The van der Waals surface area contributed by atoms with Gasteiger partial charge in [-0.3, -0.25) is 0 Å². The van der Waals surface area contributed by atoms with Crippen LogP contribution >= 0.6 is 23.1 Å². The molecule has 2 heterocycles. The van der Waals surface area contributed by atoms with Gasteiger partial charge in [-0.1, -0.05) is 55.8 Å². The van der Waals surface area contributed by atoms with Crippen LogP contribution in [0, 0.1) is 11.3 Å². The van der Waals surface area contributed by atoms with E-state index in [0.717, 1.165) is 43.5 Å². The van der Waals surface area contributed by atoms with E-state index in [2.05, 4.69) is 37.3 Å². The zero-order valence-corrected chi connectivity index (χ0v) is 21.0. The number of para-hydroxylation sites is 2. The number of nitrogens with zero attached hydrogens (tertiary/aromatic N) is 4. The zero-order chi connectivity index (χ0) is 24.0. The molecule has 0 amide bonds. The first-order chi connectivity index (χ1) is 17.2. The Bertz CT molecular complexity index is 1470. The number of fused-ring (bicyclic) bond motifs is 1. The molecule has 0 N–H and O–H groups in total. The number of unbranched alkanes of at least 4 members (excludes halogenated alkanes) is 1. The van der Waals surface area contributed by atoms with Gasteiger partial charge in [-0.15, -0.1) is 23.1 Å². The van der Waals surface area contributed by atoms with Crippen LogP contribution in [0.3, 0.4) is 0 Å². The number of nitriles is 1. The Morgan fingerprint density at radius 2 is 1.80 bits per heavy atom. The fourth-order valence-electron chi connectivity index (χ4n) is 3.76. The van der Waals surface area contributed by atoms with Crippen molar-refractivity contribution in [1.29, 1.82) is 5.26 Å². The Morgan fingerprint density at radius 1 is 1.03 bits per heavy atom. The van der Waals surface area contributed by atoms with Crippen molar-refractivity contribution in [2.24, 2.45) is 0 Å². The molecule has 0 unspecified atom stereocenters. The standard InChI is InChI=1S/C29H24N4S2/c1-2-3-17-34-25-15-13-21(14-16-25)28-23(20-33(32-28)24-9-5-4-6-10-24)18-22(19-30)29-31-26-11-7-8-12-27(26)35-29/h4-16,18,20H,2-3,17H2,1H3/b22-18-. The molecule has 0 radical (unpaired) electrons.